The molecule has 0 fully saturated rings. The molecule has 1 heterocycles. The fourth-order valence-corrected chi connectivity index (χ4v) is 2.80. The van der Waals surface area contributed by atoms with E-state index in [-0.39, 0.29) is 24.2 Å². The van der Waals surface area contributed by atoms with Crippen LogP contribution in [0.4, 0.5) is 5.69 Å². The van der Waals surface area contributed by atoms with Crippen LogP contribution >= 0.6 is 0 Å². The van der Waals surface area contributed by atoms with Gasteiger partial charge in [0.15, 0.2) is 5.78 Å². The molecule has 1 aliphatic heterocycles. The van der Waals surface area contributed by atoms with Gasteiger partial charge in [-0.3, -0.25) is 9.59 Å². The number of allylic oxidation sites excluding steroid dienone is 2. The van der Waals surface area contributed by atoms with Gasteiger partial charge in [-0.2, -0.15) is 0 Å². The van der Waals surface area contributed by atoms with E-state index in [0.717, 1.165) is 11.3 Å². The van der Waals surface area contributed by atoms with Crippen LogP contribution in [0.15, 0.2) is 66.4 Å². The maximum Gasteiger partial charge on any atom is 0.224 e. The van der Waals surface area contributed by atoms with E-state index in [9.17, 15) is 9.59 Å². The molecule has 0 aromatic heterocycles. The molecule has 1 amide bonds. The zero-order valence-corrected chi connectivity index (χ0v) is 14.6. The first-order valence-corrected chi connectivity index (χ1v) is 8.53. The molecule has 0 spiro atoms. The molecule has 0 saturated carbocycles. The Morgan fingerprint density at radius 3 is 2.58 bits per heavy atom. The highest BCUT2D eigenvalue weighted by atomic mass is 16.5. The van der Waals surface area contributed by atoms with Crippen LogP contribution in [0.3, 0.4) is 0 Å². The summed E-state index contributed by atoms with van der Waals surface area (Å²) >= 11 is 0. The first-order chi connectivity index (χ1) is 12.6. The summed E-state index contributed by atoms with van der Waals surface area (Å²) in [5.41, 5.74) is 1.67. The maximum absolute atomic E-state index is 12.1. The third-order valence-electron chi connectivity index (χ3n) is 4.15. The Bertz CT molecular complexity index is 797. The molecule has 5 nitrogen and oxygen atoms in total. The summed E-state index contributed by atoms with van der Waals surface area (Å²) in [6.45, 7) is 0. The number of carbonyl (C=O) groups excluding carboxylic acids is 2. The quantitative estimate of drug-likeness (QED) is 0.853. The van der Waals surface area contributed by atoms with Crippen LogP contribution in [0.1, 0.15) is 30.9 Å². The molecule has 0 bridgehead atoms. The average molecular weight is 351 g/mol. The number of anilines is 1. The second-order valence-electron chi connectivity index (χ2n) is 6.07. The molecule has 2 aromatic carbocycles. The molecule has 134 valence electrons. The topological polar surface area (TPSA) is 64.6 Å². The van der Waals surface area contributed by atoms with Gasteiger partial charge in [-0.05, 0) is 29.8 Å². The molecule has 0 saturated heterocycles. The molecule has 2 aromatic rings. The molecule has 3 rings (SSSR count). The lowest BCUT2D eigenvalue weighted by Crippen LogP contribution is -2.17. The van der Waals surface area contributed by atoms with Gasteiger partial charge < -0.3 is 14.8 Å². The van der Waals surface area contributed by atoms with Crippen LogP contribution in [0.2, 0.25) is 0 Å². The van der Waals surface area contributed by atoms with E-state index in [0.29, 0.717) is 24.3 Å². The van der Waals surface area contributed by atoms with Gasteiger partial charge in [0, 0.05) is 24.6 Å². The summed E-state index contributed by atoms with van der Waals surface area (Å²) in [6.07, 6.45) is 2.17. The highest BCUT2D eigenvalue weighted by Crippen LogP contribution is 2.30. The Kier molecular flexibility index (Phi) is 5.69. The van der Waals surface area contributed by atoms with Crippen LogP contribution < -0.4 is 10.1 Å². The van der Waals surface area contributed by atoms with E-state index in [1.54, 1.807) is 31.4 Å². The van der Waals surface area contributed by atoms with E-state index in [1.807, 2.05) is 30.3 Å². The minimum atomic E-state index is -0.284. The van der Waals surface area contributed by atoms with Gasteiger partial charge in [0.1, 0.15) is 17.6 Å². The van der Waals surface area contributed by atoms with E-state index in [2.05, 4.69) is 5.32 Å². The predicted octanol–water partition coefficient (Wildman–Crippen LogP) is 4.03. The number of hydrogen-bond acceptors (Lipinski definition) is 4. The fraction of sp³-hybridized carbons (Fsp3) is 0.238. The SMILES string of the molecule is COc1ccc(NC(=O)CCC2=CC(=O)CC(c3ccccc3)O2)cc1. The number of hydrogen-bond donors (Lipinski definition) is 1. The summed E-state index contributed by atoms with van der Waals surface area (Å²) < 4.78 is 11.0. The first kappa shape index (κ1) is 17.7. The smallest absolute Gasteiger partial charge is 0.224 e. The van der Waals surface area contributed by atoms with Crippen molar-refractivity contribution in [1.82, 2.24) is 0 Å². The molecule has 0 aliphatic carbocycles. The molecule has 5 heteroatoms. The zero-order valence-electron chi connectivity index (χ0n) is 14.6. The maximum atomic E-state index is 12.1. The first-order valence-electron chi connectivity index (χ1n) is 8.53. The number of carbonyl (C=O) groups is 2. The number of ether oxygens (including phenoxy) is 2. The summed E-state index contributed by atoms with van der Waals surface area (Å²) in [7, 11) is 1.59. The van der Waals surface area contributed by atoms with Crippen molar-refractivity contribution in [3.8, 4) is 5.75 Å². The molecule has 1 unspecified atom stereocenters. The highest BCUT2D eigenvalue weighted by molar-refractivity contribution is 5.92. The van der Waals surface area contributed by atoms with Gasteiger partial charge in [-0.1, -0.05) is 30.3 Å². The van der Waals surface area contributed by atoms with Gasteiger partial charge >= 0.3 is 0 Å². The Labute approximate surface area is 152 Å². The predicted molar refractivity (Wildman–Crippen MR) is 98.8 cm³/mol. The monoisotopic (exact) mass is 351 g/mol. The number of nitrogens with one attached hydrogen (secondary N) is 1. The van der Waals surface area contributed by atoms with Crippen LogP contribution in [0.25, 0.3) is 0 Å². The molecule has 0 radical (unpaired) electrons. The van der Waals surface area contributed by atoms with Gasteiger partial charge in [0.2, 0.25) is 5.91 Å². The van der Waals surface area contributed by atoms with E-state index in [1.165, 1.54) is 6.08 Å². The zero-order chi connectivity index (χ0) is 18.4. The normalized spacial score (nSPS) is 16.4. The van der Waals surface area contributed by atoms with Crippen molar-refractivity contribution in [2.75, 3.05) is 12.4 Å². The van der Waals surface area contributed by atoms with E-state index in [4.69, 9.17) is 9.47 Å². The van der Waals surface area contributed by atoms with Crippen molar-refractivity contribution in [3.05, 3.63) is 72.0 Å². The lowest BCUT2D eigenvalue weighted by atomic mass is 10.0. The van der Waals surface area contributed by atoms with Gasteiger partial charge in [0.05, 0.1) is 13.5 Å². The van der Waals surface area contributed by atoms with Crippen molar-refractivity contribution < 1.29 is 19.1 Å². The molecule has 26 heavy (non-hydrogen) atoms. The second-order valence-corrected chi connectivity index (χ2v) is 6.07. The van der Waals surface area contributed by atoms with Crippen molar-refractivity contribution >= 4 is 17.4 Å². The minimum absolute atomic E-state index is 0.0238. The Morgan fingerprint density at radius 2 is 1.88 bits per heavy atom. The minimum Gasteiger partial charge on any atom is -0.497 e. The summed E-state index contributed by atoms with van der Waals surface area (Å²) in [5, 5.41) is 2.82. The van der Waals surface area contributed by atoms with Crippen LogP contribution in [-0.4, -0.2) is 18.8 Å². The molecule has 1 atom stereocenters. The number of amides is 1. The Hall–Kier alpha value is -3.08. The van der Waals surface area contributed by atoms with Crippen molar-refractivity contribution in [2.24, 2.45) is 0 Å². The van der Waals surface area contributed by atoms with Crippen molar-refractivity contribution in [1.29, 1.82) is 0 Å². The second kappa shape index (κ2) is 8.34. The lowest BCUT2D eigenvalue weighted by Gasteiger charge is -2.24. The number of benzene rings is 2. The molecule has 1 aliphatic rings. The third-order valence-corrected chi connectivity index (χ3v) is 4.15. The summed E-state index contributed by atoms with van der Waals surface area (Å²) in [4.78, 5) is 24.1. The van der Waals surface area contributed by atoms with Gasteiger partial charge in [0.25, 0.3) is 0 Å². The average Bonchev–Trinajstić information content (AvgIpc) is 2.67. The molecular weight excluding hydrogens is 330 g/mol. The lowest BCUT2D eigenvalue weighted by molar-refractivity contribution is -0.120. The van der Waals surface area contributed by atoms with E-state index < -0.39 is 0 Å². The van der Waals surface area contributed by atoms with Crippen LogP contribution in [-0.2, 0) is 14.3 Å². The third kappa shape index (κ3) is 4.72. The summed E-state index contributed by atoms with van der Waals surface area (Å²) in [5.74, 6) is 1.18. The largest absolute Gasteiger partial charge is 0.497 e. The number of methoxy groups -OCH3 is 1. The fourth-order valence-electron chi connectivity index (χ4n) is 2.80. The van der Waals surface area contributed by atoms with Crippen molar-refractivity contribution in [2.45, 2.75) is 25.4 Å². The number of ketones is 1. The van der Waals surface area contributed by atoms with E-state index >= 15 is 0 Å². The van der Waals surface area contributed by atoms with Crippen molar-refractivity contribution in [3.63, 3.8) is 0 Å². The number of rotatable bonds is 6. The highest BCUT2D eigenvalue weighted by Gasteiger charge is 2.23. The van der Waals surface area contributed by atoms with Crippen LogP contribution in [0.5, 0.6) is 5.75 Å². The summed E-state index contributed by atoms with van der Waals surface area (Å²) in [6, 6.07) is 16.8. The molecular formula is C21H21NO4. The van der Waals surface area contributed by atoms with Gasteiger partial charge in [-0.25, -0.2) is 0 Å². The Morgan fingerprint density at radius 1 is 1.15 bits per heavy atom. The molecule has 1 N–H and O–H groups in total. The van der Waals surface area contributed by atoms with Gasteiger partial charge in [-0.15, -0.1) is 0 Å². The van der Waals surface area contributed by atoms with Crippen LogP contribution in [0, 0.1) is 0 Å². The standard InChI is InChI=1S/C21H21NO4/c1-25-18-9-7-16(8-10-18)22-21(24)12-11-19-13-17(23)14-20(26-19)15-5-3-2-4-6-15/h2-10,13,20H,11-12,14H2,1H3,(H,22,24). The Balaban J connectivity index is 1.54.